The van der Waals surface area contributed by atoms with E-state index in [-0.39, 0.29) is 12.0 Å². The zero-order valence-electron chi connectivity index (χ0n) is 23.1. The van der Waals surface area contributed by atoms with Crippen LogP contribution in [0.15, 0.2) is 11.6 Å². The minimum atomic E-state index is -1.50. The van der Waals surface area contributed by atoms with Gasteiger partial charge in [-0.2, -0.15) is 0 Å². The van der Waals surface area contributed by atoms with Gasteiger partial charge in [0.15, 0.2) is 0 Å². The molecule has 0 aromatic carbocycles. The Hall–Kier alpha value is 0.197. The molecule has 0 aromatic heterocycles. The van der Waals surface area contributed by atoms with Crippen molar-refractivity contribution in [2.75, 3.05) is 14.2 Å². The van der Waals surface area contributed by atoms with Crippen LogP contribution in [0.4, 0.5) is 0 Å². The number of carboxylic acid groups (broad SMARTS) is 2. The van der Waals surface area contributed by atoms with E-state index in [1.807, 2.05) is 21.1 Å². The molecular weight excluding hydrogens is 646 g/mol. The molecule has 0 unspecified atom stereocenters. The Morgan fingerprint density at radius 1 is 0.647 bits per heavy atom. The van der Waals surface area contributed by atoms with Gasteiger partial charge in [-0.05, 0) is 24.5 Å². The molecule has 0 aliphatic heterocycles. The minimum absolute atomic E-state index is 0.211. The summed E-state index contributed by atoms with van der Waals surface area (Å²) in [6.45, 7) is 10.9. The van der Waals surface area contributed by atoms with E-state index in [1.54, 1.807) is 0 Å². The molecule has 0 atom stereocenters. The van der Waals surface area contributed by atoms with Crippen LogP contribution >= 0.6 is 0 Å². The van der Waals surface area contributed by atoms with Crippen LogP contribution in [0.1, 0.15) is 105 Å². The van der Waals surface area contributed by atoms with Crippen LogP contribution in [-0.2, 0) is 15.7 Å². The first-order chi connectivity index (χ1) is 16.3. The molecule has 200 valence electrons. The van der Waals surface area contributed by atoms with Crippen LogP contribution in [0, 0.1) is 0 Å². The van der Waals surface area contributed by atoms with Gasteiger partial charge >= 0.3 is 158 Å². The predicted molar refractivity (Wildman–Crippen MR) is 142 cm³/mol. The third kappa shape index (κ3) is 30.2. The van der Waals surface area contributed by atoms with Gasteiger partial charge < -0.3 is 19.8 Å². The number of aliphatic carboxylic acids is 2. The van der Waals surface area contributed by atoms with E-state index in [4.69, 9.17) is 6.15 Å². The molecule has 0 rings (SSSR count). The first-order valence-electron chi connectivity index (χ1n) is 13.2. The molecule has 0 fully saturated rings. The SMILES string of the molecule is CCCC/C(=C/C(=O)[O-])C(=O)[O-].CCC[CH2][Sn+]([CH2]CCC)[O]C.CCC[CH2][Sn+]([CH2]CCC)[O]C. The molecule has 0 N–H and O–H groups in total. The third-order valence-electron chi connectivity index (χ3n) is 5.17. The van der Waals surface area contributed by atoms with E-state index in [0.717, 1.165) is 6.42 Å². The molecule has 6 nitrogen and oxygen atoms in total. The second-order valence-corrected chi connectivity index (χ2v) is 22.5. The Labute approximate surface area is 225 Å². The number of unbranched alkanes of at least 4 members (excludes halogenated alkanes) is 5. The maximum atomic E-state index is 10.3. The van der Waals surface area contributed by atoms with Crippen LogP contribution in [0.3, 0.4) is 0 Å². The van der Waals surface area contributed by atoms with Crippen LogP contribution in [0.5, 0.6) is 0 Å². The molecule has 0 aliphatic rings. The summed E-state index contributed by atoms with van der Waals surface area (Å²) in [5.41, 5.74) is -0.211. The molecule has 34 heavy (non-hydrogen) atoms. The standard InChI is InChI=1S/C8H12O4.4C4H9.2CH3O.2Sn/c1-2-3-4-6(8(11)12)5-7(9)10;4*1-3-4-2;2*1-2;;/h5H,2-4H2,1H3,(H,9,10)(H,11,12);4*1,3-4H2,2H3;2*1H3;;/q;;;;;2*-1;2*+2/p-2/b6-5-;;;;;;;;. The third-order valence-corrected chi connectivity index (χ3v) is 18.9. The van der Waals surface area contributed by atoms with Gasteiger partial charge in [-0.25, -0.2) is 0 Å². The van der Waals surface area contributed by atoms with Crippen molar-refractivity contribution in [3.8, 4) is 0 Å². The summed E-state index contributed by atoms with van der Waals surface area (Å²) in [5.74, 6) is -2.93. The summed E-state index contributed by atoms with van der Waals surface area (Å²) >= 11 is -2.55. The molecule has 0 saturated carbocycles. The van der Waals surface area contributed by atoms with Gasteiger partial charge in [0.2, 0.25) is 0 Å². The van der Waals surface area contributed by atoms with Crippen molar-refractivity contribution in [2.45, 2.75) is 123 Å². The van der Waals surface area contributed by atoms with Crippen molar-refractivity contribution in [3.63, 3.8) is 0 Å². The second-order valence-electron chi connectivity index (χ2n) is 8.28. The van der Waals surface area contributed by atoms with Gasteiger partial charge in [0.1, 0.15) is 0 Å². The van der Waals surface area contributed by atoms with Crippen molar-refractivity contribution in [2.24, 2.45) is 0 Å². The Balaban J connectivity index is -0.000000425. The fourth-order valence-electron chi connectivity index (χ4n) is 2.90. The van der Waals surface area contributed by atoms with Crippen LogP contribution in [0.25, 0.3) is 0 Å². The summed E-state index contributed by atoms with van der Waals surface area (Å²) in [6, 6.07) is 0. The predicted octanol–water partition coefficient (Wildman–Crippen LogP) is 5.05. The zero-order valence-corrected chi connectivity index (χ0v) is 28.8. The van der Waals surface area contributed by atoms with Crippen LogP contribution < -0.4 is 10.2 Å². The monoisotopic (exact) mass is 700 g/mol. The summed E-state index contributed by atoms with van der Waals surface area (Å²) in [7, 11) is 3.83. The quantitative estimate of drug-likeness (QED) is 0.138. The Morgan fingerprint density at radius 3 is 1.18 bits per heavy atom. The molecule has 0 bridgehead atoms. The number of hydrogen-bond acceptors (Lipinski definition) is 6. The normalized spacial score (nSPS) is 10.5. The van der Waals surface area contributed by atoms with Crippen LogP contribution in [0.2, 0.25) is 17.7 Å². The Kier molecular flexibility index (Phi) is 35.6. The number of carbonyl (C=O) groups excluding carboxylic acids is 2. The molecule has 8 heteroatoms. The molecular formula is C26H52O6Sn2. The molecule has 0 aliphatic carbocycles. The van der Waals surface area contributed by atoms with Crippen molar-refractivity contribution in [3.05, 3.63) is 11.6 Å². The summed E-state index contributed by atoms with van der Waals surface area (Å²) in [5, 5.41) is 20.3. The Bertz CT molecular complexity index is 450. The summed E-state index contributed by atoms with van der Waals surface area (Å²) in [6.07, 6.45) is 13.1. The topological polar surface area (TPSA) is 98.7 Å². The van der Waals surface area contributed by atoms with Gasteiger partial charge in [0.25, 0.3) is 0 Å². The van der Waals surface area contributed by atoms with E-state index in [0.29, 0.717) is 12.5 Å². The summed E-state index contributed by atoms with van der Waals surface area (Å²) in [4.78, 5) is 20.3. The molecule has 0 radical (unpaired) electrons. The Morgan fingerprint density at radius 2 is 0.971 bits per heavy atom. The van der Waals surface area contributed by atoms with Crippen molar-refractivity contribution in [1.29, 1.82) is 0 Å². The van der Waals surface area contributed by atoms with E-state index in [9.17, 15) is 19.8 Å². The average Bonchev–Trinajstić information content (AvgIpc) is 2.82. The van der Waals surface area contributed by atoms with Crippen molar-refractivity contribution < 1.29 is 26.0 Å². The van der Waals surface area contributed by atoms with Crippen LogP contribution in [-0.4, -0.2) is 66.5 Å². The fourth-order valence-corrected chi connectivity index (χ4v) is 15.2. The van der Waals surface area contributed by atoms with Crippen molar-refractivity contribution in [1.82, 2.24) is 0 Å². The van der Waals surface area contributed by atoms with E-state index in [2.05, 4.69) is 27.7 Å². The van der Waals surface area contributed by atoms with Gasteiger partial charge in [0.05, 0.1) is 11.9 Å². The van der Waals surface area contributed by atoms with E-state index in [1.165, 1.54) is 69.1 Å². The number of hydrogen-bond donors (Lipinski definition) is 0. The van der Waals surface area contributed by atoms with Gasteiger partial charge in [-0.15, -0.1) is 0 Å². The second kappa shape index (κ2) is 31.2. The molecule has 0 saturated heterocycles. The molecule has 0 spiro atoms. The zero-order chi connectivity index (χ0) is 26.6. The molecule has 0 aromatic rings. The fraction of sp³-hybridized carbons (Fsp3) is 0.846. The first kappa shape index (κ1) is 38.7. The van der Waals surface area contributed by atoms with E-state index >= 15 is 0 Å². The van der Waals surface area contributed by atoms with Gasteiger partial charge in [0, 0.05) is 0 Å². The molecule has 0 amide bonds. The van der Waals surface area contributed by atoms with Gasteiger partial charge in [-0.3, -0.25) is 0 Å². The summed E-state index contributed by atoms with van der Waals surface area (Å²) < 4.78 is 16.9. The first-order valence-corrected chi connectivity index (χ1v) is 23.6. The molecule has 0 heterocycles. The average molecular weight is 698 g/mol. The van der Waals surface area contributed by atoms with E-state index < -0.39 is 52.3 Å². The number of rotatable bonds is 19. The van der Waals surface area contributed by atoms with Gasteiger partial charge in [-0.1, -0.05) is 13.3 Å². The number of carboxylic acids is 2. The van der Waals surface area contributed by atoms with Crippen molar-refractivity contribution >= 4 is 52.3 Å². The number of carbonyl (C=O) groups is 2. The maximum absolute atomic E-state index is 10.3.